The predicted molar refractivity (Wildman–Crippen MR) is 136 cm³/mol. The summed E-state index contributed by atoms with van der Waals surface area (Å²) < 4.78 is 1.20. The van der Waals surface area contributed by atoms with Gasteiger partial charge in [0.1, 0.15) is 0 Å². The van der Waals surface area contributed by atoms with Gasteiger partial charge in [0.05, 0.1) is 32.0 Å². The highest BCUT2D eigenvalue weighted by molar-refractivity contribution is 6.37. The lowest BCUT2D eigenvalue weighted by molar-refractivity contribution is 0.101. The van der Waals surface area contributed by atoms with Crippen LogP contribution in [0.2, 0.25) is 15.1 Å². The third kappa shape index (κ3) is 5.15. The monoisotopic (exact) mass is 511 g/mol. The summed E-state index contributed by atoms with van der Waals surface area (Å²) in [7, 11) is 0. The number of nitrogens with one attached hydrogen (secondary N) is 2. The van der Waals surface area contributed by atoms with E-state index in [1.807, 2.05) is 6.07 Å². The number of benzene rings is 3. The normalized spacial score (nSPS) is 10.6. The van der Waals surface area contributed by atoms with E-state index in [1.54, 1.807) is 48.5 Å². The molecule has 0 unspecified atom stereocenters. The molecule has 1 aromatic heterocycles. The molecule has 0 bridgehead atoms. The Labute approximate surface area is 209 Å². The molecule has 6 nitrogen and oxygen atoms in total. The van der Waals surface area contributed by atoms with E-state index in [-0.39, 0.29) is 37.9 Å². The Bertz CT molecular complexity index is 1430. The summed E-state index contributed by atoms with van der Waals surface area (Å²) in [6.45, 7) is 0. The van der Waals surface area contributed by atoms with Gasteiger partial charge in [-0.2, -0.15) is 0 Å². The van der Waals surface area contributed by atoms with Gasteiger partial charge in [-0.25, -0.2) is 0 Å². The molecule has 0 radical (unpaired) electrons. The minimum atomic E-state index is -0.542. The van der Waals surface area contributed by atoms with E-state index in [1.165, 1.54) is 35.0 Å². The molecule has 0 saturated carbocycles. The molecule has 2 N–H and O–H groups in total. The van der Waals surface area contributed by atoms with Gasteiger partial charge in [0.25, 0.3) is 17.4 Å². The fourth-order valence-corrected chi connectivity index (χ4v) is 3.94. The van der Waals surface area contributed by atoms with Gasteiger partial charge in [0.2, 0.25) is 0 Å². The number of para-hydroxylation sites is 2. The number of aromatic nitrogens is 1. The van der Waals surface area contributed by atoms with Gasteiger partial charge in [-0.05, 0) is 48.5 Å². The molecule has 4 rings (SSSR count). The zero-order valence-corrected chi connectivity index (χ0v) is 19.7. The van der Waals surface area contributed by atoms with Gasteiger partial charge in [0.15, 0.2) is 0 Å². The van der Waals surface area contributed by atoms with Crippen molar-refractivity contribution in [2.75, 3.05) is 10.6 Å². The molecule has 0 atom stereocenters. The van der Waals surface area contributed by atoms with Crippen molar-refractivity contribution in [2.24, 2.45) is 0 Å². The molecule has 0 saturated heterocycles. The SMILES string of the molecule is O=C(Nc1ccccc1)c1ccc(Cl)c(NC(=O)c2ccc(=O)n(-c3c(Cl)cccc3Cl)c2)c1. The Balaban J connectivity index is 1.60. The standard InChI is InChI=1S/C25H16Cl3N3O3/c26-18-11-9-15(24(33)29-17-5-2-1-3-6-17)13-21(18)30-25(34)16-10-12-22(32)31(14-16)23-19(27)7-4-8-20(23)28/h1-14H,(H,29,33)(H,30,34). The molecule has 9 heteroatoms. The molecule has 170 valence electrons. The van der Waals surface area contributed by atoms with E-state index in [4.69, 9.17) is 34.8 Å². The van der Waals surface area contributed by atoms with Gasteiger partial charge < -0.3 is 10.6 Å². The number of rotatable bonds is 5. The maximum atomic E-state index is 13.0. The minimum absolute atomic E-state index is 0.158. The summed E-state index contributed by atoms with van der Waals surface area (Å²) in [5.74, 6) is -0.903. The Morgan fingerprint density at radius 1 is 0.676 bits per heavy atom. The molecule has 0 aliphatic carbocycles. The molecule has 0 aliphatic rings. The van der Waals surface area contributed by atoms with Crippen LogP contribution in [0.5, 0.6) is 0 Å². The molecule has 2 amide bonds. The lowest BCUT2D eigenvalue weighted by Crippen LogP contribution is -2.21. The van der Waals surface area contributed by atoms with Crippen LogP contribution in [0.15, 0.2) is 89.9 Å². The Hall–Kier alpha value is -3.58. The molecule has 34 heavy (non-hydrogen) atoms. The van der Waals surface area contributed by atoms with Crippen molar-refractivity contribution in [3.63, 3.8) is 0 Å². The molecule has 0 aliphatic heterocycles. The molecule has 0 fully saturated rings. The zero-order valence-electron chi connectivity index (χ0n) is 17.4. The first-order valence-corrected chi connectivity index (χ1v) is 11.1. The highest BCUT2D eigenvalue weighted by atomic mass is 35.5. The van der Waals surface area contributed by atoms with Crippen LogP contribution in [0.1, 0.15) is 20.7 Å². The molecule has 3 aromatic carbocycles. The fourth-order valence-electron chi connectivity index (χ4n) is 3.20. The van der Waals surface area contributed by atoms with Gasteiger partial charge in [-0.3, -0.25) is 19.0 Å². The highest BCUT2D eigenvalue weighted by Gasteiger charge is 2.16. The van der Waals surface area contributed by atoms with Crippen LogP contribution in [0.25, 0.3) is 5.69 Å². The first kappa shape index (κ1) is 23.6. The number of carbonyl (C=O) groups excluding carboxylic acids is 2. The van der Waals surface area contributed by atoms with Crippen LogP contribution >= 0.6 is 34.8 Å². The average molecular weight is 513 g/mol. The quantitative estimate of drug-likeness (QED) is 0.329. The second-order valence-corrected chi connectivity index (χ2v) is 8.39. The van der Waals surface area contributed by atoms with Crippen LogP contribution in [0, 0.1) is 0 Å². The number of pyridine rings is 1. The van der Waals surface area contributed by atoms with Gasteiger partial charge in [-0.1, -0.05) is 59.1 Å². The van der Waals surface area contributed by atoms with Crippen LogP contribution in [0.4, 0.5) is 11.4 Å². The van der Waals surface area contributed by atoms with E-state index < -0.39 is 11.5 Å². The summed E-state index contributed by atoms with van der Waals surface area (Å²) in [5, 5.41) is 6.21. The summed E-state index contributed by atoms with van der Waals surface area (Å²) in [6.07, 6.45) is 1.34. The largest absolute Gasteiger partial charge is 0.322 e. The zero-order chi connectivity index (χ0) is 24.2. The van der Waals surface area contributed by atoms with Crippen molar-refractivity contribution in [2.45, 2.75) is 0 Å². The van der Waals surface area contributed by atoms with Gasteiger partial charge in [0, 0.05) is 23.5 Å². The Morgan fingerprint density at radius 3 is 2.03 bits per heavy atom. The van der Waals surface area contributed by atoms with Crippen molar-refractivity contribution in [1.82, 2.24) is 4.57 Å². The van der Waals surface area contributed by atoms with Crippen molar-refractivity contribution in [3.8, 4) is 5.69 Å². The van der Waals surface area contributed by atoms with E-state index in [9.17, 15) is 14.4 Å². The Kier molecular flexibility index (Phi) is 7.03. The molecule has 4 aromatic rings. The van der Waals surface area contributed by atoms with Crippen molar-refractivity contribution >= 4 is 58.0 Å². The number of anilines is 2. The summed E-state index contributed by atoms with van der Waals surface area (Å²) in [6, 6.07) is 21.0. The third-order valence-corrected chi connectivity index (χ3v) is 5.80. The van der Waals surface area contributed by atoms with Gasteiger partial charge in [-0.15, -0.1) is 0 Å². The van der Waals surface area contributed by atoms with Crippen LogP contribution < -0.4 is 16.2 Å². The third-order valence-electron chi connectivity index (χ3n) is 4.86. The summed E-state index contributed by atoms with van der Waals surface area (Å²) in [5.41, 5.74) is 1.18. The number of hydrogen-bond donors (Lipinski definition) is 2. The lowest BCUT2D eigenvalue weighted by atomic mass is 10.1. The van der Waals surface area contributed by atoms with Crippen LogP contribution in [0.3, 0.4) is 0 Å². The van der Waals surface area contributed by atoms with Crippen LogP contribution in [-0.2, 0) is 0 Å². The number of hydrogen-bond acceptors (Lipinski definition) is 3. The van der Waals surface area contributed by atoms with E-state index in [0.29, 0.717) is 11.3 Å². The number of carbonyl (C=O) groups is 2. The predicted octanol–water partition coefficient (Wildman–Crippen LogP) is 6.30. The maximum Gasteiger partial charge on any atom is 0.257 e. The fraction of sp³-hybridized carbons (Fsp3) is 0. The van der Waals surface area contributed by atoms with E-state index >= 15 is 0 Å². The number of halogens is 3. The molecular formula is C25H16Cl3N3O3. The first-order valence-electron chi connectivity index (χ1n) is 9.98. The highest BCUT2D eigenvalue weighted by Crippen LogP contribution is 2.28. The lowest BCUT2D eigenvalue weighted by Gasteiger charge is -2.13. The van der Waals surface area contributed by atoms with Crippen LogP contribution in [-0.4, -0.2) is 16.4 Å². The first-order chi connectivity index (χ1) is 16.3. The number of nitrogens with zero attached hydrogens (tertiary/aromatic N) is 1. The molecule has 1 heterocycles. The summed E-state index contributed by atoms with van der Waals surface area (Å²) >= 11 is 18.7. The van der Waals surface area contributed by atoms with Crippen molar-refractivity contribution < 1.29 is 9.59 Å². The second-order valence-electron chi connectivity index (χ2n) is 7.17. The average Bonchev–Trinajstić information content (AvgIpc) is 2.82. The topological polar surface area (TPSA) is 80.2 Å². The number of amides is 2. The maximum absolute atomic E-state index is 13.0. The molecule has 0 spiro atoms. The second kappa shape index (κ2) is 10.1. The van der Waals surface area contributed by atoms with E-state index in [0.717, 1.165) is 0 Å². The van der Waals surface area contributed by atoms with Crippen molar-refractivity contribution in [1.29, 1.82) is 0 Å². The minimum Gasteiger partial charge on any atom is -0.322 e. The smallest absolute Gasteiger partial charge is 0.257 e. The van der Waals surface area contributed by atoms with Crippen molar-refractivity contribution in [3.05, 3.63) is 122 Å². The van der Waals surface area contributed by atoms with Gasteiger partial charge >= 0.3 is 0 Å². The van der Waals surface area contributed by atoms with E-state index in [2.05, 4.69) is 10.6 Å². The molecular weight excluding hydrogens is 497 g/mol. The summed E-state index contributed by atoms with van der Waals surface area (Å²) in [4.78, 5) is 38.0. The Morgan fingerprint density at radius 2 is 1.32 bits per heavy atom.